The third-order valence-corrected chi connectivity index (χ3v) is 6.24. The monoisotopic (exact) mass is 392 g/mol. The number of benzene rings is 3. The molecule has 0 spiro atoms. The van der Waals surface area contributed by atoms with Gasteiger partial charge in [-0.3, -0.25) is 4.40 Å². The largest absolute Gasteiger partial charge is 0.292 e. The number of rotatable bonds is 3. The fraction of sp³-hybridized carbons (Fsp3) is 0.250. The smallest absolute Gasteiger partial charge is 0.145 e. The van der Waals surface area contributed by atoms with Crippen LogP contribution < -0.4 is 0 Å². The number of imidazole rings is 1. The van der Waals surface area contributed by atoms with E-state index in [9.17, 15) is 0 Å². The van der Waals surface area contributed by atoms with E-state index in [4.69, 9.17) is 4.98 Å². The molecule has 0 bridgehead atoms. The Morgan fingerprint density at radius 3 is 2.13 bits per heavy atom. The molecule has 30 heavy (non-hydrogen) atoms. The lowest BCUT2D eigenvalue weighted by Gasteiger charge is -2.20. The van der Waals surface area contributed by atoms with Gasteiger partial charge in [0.25, 0.3) is 0 Å². The second kappa shape index (κ2) is 6.98. The molecule has 150 valence electrons. The van der Waals surface area contributed by atoms with Gasteiger partial charge in [0.05, 0.1) is 17.4 Å². The average molecular weight is 393 g/mol. The third-order valence-electron chi connectivity index (χ3n) is 6.24. The number of nitrogens with zero attached hydrogens (tertiary/aromatic N) is 2. The Hall–Kier alpha value is -3.13. The maximum Gasteiger partial charge on any atom is 0.145 e. The van der Waals surface area contributed by atoms with E-state index >= 15 is 0 Å². The lowest BCUT2D eigenvalue weighted by Crippen LogP contribution is -2.02. The van der Waals surface area contributed by atoms with Crippen molar-refractivity contribution in [1.82, 2.24) is 9.38 Å². The Bertz CT molecular complexity index is 1380. The molecule has 0 aliphatic heterocycles. The Balaban J connectivity index is 2.01. The standard InChI is InChI=1S/C28H28N2/c1-17(2)20-10-8-11-21(18(3)4)27(20)26-16-29-28-24-15-19(5)13-14-22(24)23-9-6-7-12-25(23)30(26)28/h6-18H,1-5H3. The summed E-state index contributed by atoms with van der Waals surface area (Å²) in [4.78, 5) is 4.98. The van der Waals surface area contributed by atoms with Crippen molar-refractivity contribution in [2.45, 2.75) is 46.5 Å². The van der Waals surface area contributed by atoms with Crippen LogP contribution in [0.15, 0.2) is 66.9 Å². The van der Waals surface area contributed by atoms with Crippen LogP contribution in [0.25, 0.3) is 38.6 Å². The van der Waals surface area contributed by atoms with Crippen molar-refractivity contribution < 1.29 is 0 Å². The van der Waals surface area contributed by atoms with Crippen molar-refractivity contribution in [3.63, 3.8) is 0 Å². The molecule has 2 nitrogen and oxygen atoms in total. The van der Waals surface area contributed by atoms with E-state index in [1.165, 1.54) is 49.6 Å². The van der Waals surface area contributed by atoms with Gasteiger partial charge in [-0.2, -0.15) is 0 Å². The molecule has 0 aliphatic rings. The minimum Gasteiger partial charge on any atom is -0.292 e. The first-order valence-electron chi connectivity index (χ1n) is 10.9. The van der Waals surface area contributed by atoms with Crippen molar-refractivity contribution in [3.8, 4) is 11.3 Å². The number of hydrogen-bond donors (Lipinski definition) is 0. The minimum atomic E-state index is 0.443. The number of hydrogen-bond acceptors (Lipinski definition) is 1. The molecule has 2 heteroatoms. The minimum absolute atomic E-state index is 0.443. The molecule has 5 rings (SSSR count). The fourth-order valence-corrected chi connectivity index (χ4v) is 4.78. The summed E-state index contributed by atoms with van der Waals surface area (Å²) in [5, 5.41) is 3.75. The maximum absolute atomic E-state index is 4.98. The van der Waals surface area contributed by atoms with Crippen molar-refractivity contribution >= 4 is 27.3 Å². The van der Waals surface area contributed by atoms with Gasteiger partial charge in [-0.1, -0.05) is 81.8 Å². The topological polar surface area (TPSA) is 17.3 Å². The number of aryl methyl sites for hydroxylation is 1. The van der Waals surface area contributed by atoms with Gasteiger partial charge in [0.15, 0.2) is 0 Å². The third kappa shape index (κ3) is 2.74. The van der Waals surface area contributed by atoms with Gasteiger partial charge in [0, 0.05) is 16.3 Å². The van der Waals surface area contributed by atoms with Gasteiger partial charge in [-0.25, -0.2) is 4.98 Å². The number of para-hydroxylation sites is 1. The molecule has 0 fully saturated rings. The first-order valence-corrected chi connectivity index (χ1v) is 10.9. The molecule has 5 aromatic rings. The van der Waals surface area contributed by atoms with E-state index < -0.39 is 0 Å². The van der Waals surface area contributed by atoms with E-state index in [0.29, 0.717) is 11.8 Å². The molecule has 0 saturated carbocycles. The summed E-state index contributed by atoms with van der Waals surface area (Å²) in [6.45, 7) is 11.3. The zero-order valence-corrected chi connectivity index (χ0v) is 18.4. The summed E-state index contributed by atoms with van der Waals surface area (Å²) >= 11 is 0. The van der Waals surface area contributed by atoms with Gasteiger partial charge < -0.3 is 0 Å². The molecule has 0 amide bonds. The molecular weight excluding hydrogens is 364 g/mol. The van der Waals surface area contributed by atoms with E-state index in [-0.39, 0.29) is 0 Å². The summed E-state index contributed by atoms with van der Waals surface area (Å²) in [5.41, 5.74) is 8.81. The molecule has 0 aliphatic carbocycles. The van der Waals surface area contributed by atoms with Gasteiger partial charge in [-0.05, 0) is 47.4 Å². The summed E-state index contributed by atoms with van der Waals surface area (Å²) in [5.74, 6) is 0.886. The molecule has 0 N–H and O–H groups in total. The number of fused-ring (bicyclic) bond motifs is 6. The lowest BCUT2D eigenvalue weighted by atomic mass is 9.87. The summed E-state index contributed by atoms with van der Waals surface area (Å²) in [6.07, 6.45) is 2.08. The van der Waals surface area contributed by atoms with E-state index in [2.05, 4.69) is 106 Å². The van der Waals surface area contributed by atoms with Gasteiger partial charge >= 0.3 is 0 Å². The predicted octanol–water partition coefficient (Wildman–Crippen LogP) is 7.86. The predicted molar refractivity (Wildman–Crippen MR) is 129 cm³/mol. The van der Waals surface area contributed by atoms with Crippen LogP contribution in [-0.2, 0) is 0 Å². The summed E-state index contributed by atoms with van der Waals surface area (Å²) < 4.78 is 2.38. The van der Waals surface area contributed by atoms with Gasteiger partial charge in [-0.15, -0.1) is 0 Å². The Labute approximate surface area is 178 Å². The highest BCUT2D eigenvalue weighted by atomic mass is 15.0. The Kier molecular flexibility index (Phi) is 4.39. The van der Waals surface area contributed by atoms with E-state index in [1.807, 2.05) is 0 Å². The van der Waals surface area contributed by atoms with Crippen LogP contribution in [0, 0.1) is 6.92 Å². The van der Waals surface area contributed by atoms with Crippen LogP contribution >= 0.6 is 0 Å². The van der Waals surface area contributed by atoms with Crippen LogP contribution in [0.5, 0.6) is 0 Å². The first kappa shape index (κ1) is 18.9. The first-order chi connectivity index (χ1) is 14.5. The molecule has 0 unspecified atom stereocenters. The number of aromatic nitrogens is 2. The normalized spacial score (nSPS) is 12.1. The second-order valence-electron chi connectivity index (χ2n) is 8.99. The second-order valence-corrected chi connectivity index (χ2v) is 8.99. The van der Waals surface area contributed by atoms with Crippen molar-refractivity contribution in [1.29, 1.82) is 0 Å². The SMILES string of the molecule is Cc1ccc2c3ccccc3n3c(-c4c(C(C)C)cccc4C(C)C)cnc3c2c1. The summed E-state index contributed by atoms with van der Waals surface area (Å²) in [7, 11) is 0. The van der Waals surface area contributed by atoms with Crippen LogP contribution in [0.2, 0.25) is 0 Å². The zero-order chi connectivity index (χ0) is 21.0. The highest BCUT2D eigenvalue weighted by molar-refractivity contribution is 6.12. The average Bonchev–Trinajstić information content (AvgIpc) is 3.18. The van der Waals surface area contributed by atoms with Crippen molar-refractivity contribution in [3.05, 3.63) is 83.6 Å². The molecule has 2 heterocycles. The Morgan fingerprint density at radius 2 is 1.43 bits per heavy atom. The highest BCUT2D eigenvalue weighted by Gasteiger charge is 2.21. The quantitative estimate of drug-likeness (QED) is 0.286. The summed E-state index contributed by atoms with van der Waals surface area (Å²) in [6, 6.07) is 22.2. The highest BCUT2D eigenvalue weighted by Crippen LogP contribution is 2.39. The van der Waals surface area contributed by atoms with E-state index in [1.54, 1.807) is 0 Å². The van der Waals surface area contributed by atoms with Crippen molar-refractivity contribution in [2.75, 3.05) is 0 Å². The maximum atomic E-state index is 4.98. The van der Waals surface area contributed by atoms with Crippen LogP contribution in [-0.4, -0.2) is 9.38 Å². The molecule has 3 aromatic carbocycles. The Morgan fingerprint density at radius 1 is 0.733 bits per heavy atom. The number of pyridine rings is 1. The van der Waals surface area contributed by atoms with E-state index in [0.717, 1.165) is 5.65 Å². The van der Waals surface area contributed by atoms with Crippen LogP contribution in [0.3, 0.4) is 0 Å². The fourth-order valence-electron chi connectivity index (χ4n) is 4.78. The van der Waals surface area contributed by atoms with Gasteiger partial charge in [0.1, 0.15) is 5.65 Å². The zero-order valence-electron chi connectivity index (χ0n) is 18.4. The van der Waals surface area contributed by atoms with Crippen molar-refractivity contribution in [2.24, 2.45) is 0 Å². The van der Waals surface area contributed by atoms with Crippen LogP contribution in [0.1, 0.15) is 56.2 Å². The molecule has 0 radical (unpaired) electrons. The lowest BCUT2D eigenvalue weighted by molar-refractivity contribution is 0.836. The van der Waals surface area contributed by atoms with Crippen LogP contribution in [0.4, 0.5) is 0 Å². The molecule has 0 atom stereocenters. The molecular formula is C28H28N2. The molecule has 2 aromatic heterocycles. The molecule has 0 saturated heterocycles. The van der Waals surface area contributed by atoms with Gasteiger partial charge in [0.2, 0.25) is 0 Å².